The molecular formula is C10H17ClN2. The van der Waals surface area contributed by atoms with E-state index in [1.54, 1.807) is 0 Å². The molecule has 1 aromatic carbocycles. The van der Waals surface area contributed by atoms with Gasteiger partial charge in [0.1, 0.15) is 0 Å². The number of nitrogen functional groups attached to an aromatic ring is 1. The summed E-state index contributed by atoms with van der Waals surface area (Å²) in [5, 5.41) is 3.69. The molecule has 1 rings (SSSR count). The van der Waals surface area contributed by atoms with Gasteiger partial charge >= 0.3 is 0 Å². The van der Waals surface area contributed by atoms with Crippen LogP contribution in [0.25, 0.3) is 0 Å². The largest absolute Gasteiger partial charge is 0.397 e. The van der Waals surface area contributed by atoms with Crippen LogP contribution in [0, 0.1) is 6.92 Å². The van der Waals surface area contributed by atoms with Crippen LogP contribution in [0.1, 0.15) is 19.4 Å². The van der Waals surface area contributed by atoms with Gasteiger partial charge in [0.25, 0.3) is 0 Å². The van der Waals surface area contributed by atoms with Crippen LogP contribution in [0.2, 0.25) is 5.02 Å². The van der Waals surface area contributed by atoms with Crippen LogP contribution in [-0.2, 0) is 0 Å². The highest BCUT2D eigenvalue weighted by atomic mass is 35.5. The predicted molar refractivity (Wildman–Crippen MR) is 61.5 cm³/mol. The molecule has 2 nitrogen and oxygen atoms in total. The van der Waals surface area contributed by atoms with Crippen LogP contribution in [0.3, 0.4) is 0 Å². The minimum atomic E-state index is 0.731. The minimum Gasteiger partial charge on any atom is -0.397 e. The average molecular weight is 201 g/mol. The first-order valence-corrected chi connectivity index (χ1v) is 4.76. The van der Waals surface area contributed by atoms with Gasteiger partial charge in [-0.1, -0.05) is 25.4 Å². The summed E-state index contributed by atoms with van der Waals surface area (Å²) in [6, 6.07) is 3.68. The average Bonchev–Trinajstić information content (AvgIpc) is 2.15. The minimum absolute atomic E-state index is 0.731. The number of hydrogen-bond acceptors (Lipinski definition) is 2. The van der Waals surface area contributed by atoms with E-state index in [0.29, 0.717) is 0 Å². The van der Waals surface area contributed by atoms with Crippen molar-refractivity contribution < 1.29 is 0 Å². The third kappa shape index (κ3) is 3.15. The summed E-state index contributed by atoms with van der Waals surface area (Å²) in [7, 11) is 1.82. The molecule has 0 bridgehead atoms. The number of aryl methyl sites for hydroxylation is 1. The molecule has 3 heteroatoms. The van der Waals surface area contributed by atoms with Gasteiger partial charge in [0, 0.05) is 12.1 Å². The highest BCUT2D eigenvalue weighted by molar-refractivity contribution is 6.31. The maximum absolute atomic E-state index is 5.87. The van der Waals surface area contributed by atoms with Crippen molar-refractivity contribution in [2.24, 2.45) is 0 Å². The molecule has 0 spiro atoms. The highest BCUT2D eigenvalue weighted by Crippen LogP contribution is 2.25. The Morgan fingerprint density at radius 3 is 2.31 bits per heavy atom. The van der Waals surface area contributed by atoms with Crippen LogP contribution < -0.4 is 11.1 Å². The molecule has 0 saturated carbocycles. The van der Waals surface area contributed by atoms with Crippen molar-refractivity contribution in [3.05, 3.63) is 22.7 Å². The zero-order valence-corrected chi connectivity index (χ0v) is 9.37. The molecule has 1 aromatic rings. The Labute approximate surface area is 85.1 Å². The predicted octanol–water partition coefficient (Wildman–Crippen LogP) is 3.30. The second-order valence-corrected chi connectivity index (χ2v) is 2.85. The first-order valence-electron chi connectivity index (χ1n) is 4.38. The van der Waals surface area contributed by atoms with Gasteiger partial charge in [0.05, 0.1) is 11.4 Å². The van der Waals surface area contributed by atoms with E-state index in [4.69, 9.17) is 17.3 Å². The van der Waals surface area contributed by atoms with Crippen LogP contribution in [0.15, 0.2) is 12.1 Å². The molecule has 0 aliphatic heterocycles. The molecule has 0 saturated heterocycles. The van der Waals surface area contributed by atoms with E-state index in [0.717, 1.165) is 22.0 Å². The summed E-state index contributed by atoms with van der Waals surface area (Å²) in [5.41, 5.74) is 8.29. The number of hydrogen-bond donors (Lipinski definition) is 2. The van der Waals surface area contributed by atoms with Gasteiger partial charge in [0.15, 0.2) is 0 Å². The maximum atomic E-state index is 5.87. The second-order valence-electron chi connectivity index (χ2n) is 2.44. The summed E-state index contributed by atoms with van der Waals surface area (Å²) in [4.78, 5) is 0. The van der Waals surface area contributed by atoms with Crippen molar-refractivity contribution in [3.8, 4) is 0 Å². The topological polar surface area (TPSA) is 38.0 Å². The third-order valence-corrected chi connectivity index (χ3v) is 2.01. The zero-order valence-electron chi connectivity index (χ0n) is 8.61. The number of rotatable bonds is 1. The smallest absolute Gasteiger partial charge is 0.0586 e. The Kier molecular flexibility index (Phi) is 5.31. The maximum Gasteiger partial charge on any atom is 0.0586 e. The van der Waals surface area contributed by atoms with Gasteiger partial charge in [-0.3, -0.25) is 0 Å². The fourth-order valence-electron chi connectivity index (χ4n) is 0.920. The van der Waals surface area contributed by atoms with E-state index in [1.165, 1.54) is 0 Å². The Bertz CT molecular complexity index is 272. The normalized spacial score (nSPS) is 8.69. The molecule has 0 heterocycles. The molecule has 0 unspecified atom stereocenters. The molecule has 0 fully saturated rings. The monoisotopic (exact) mass is 200 g/mol. The third-order valence-electron chi connectivity index (χ3n) is 1.60. The van der Waals surface area contributed by atoms with Crippen LogP contribution in [0.4, 0.5) is 11.4 Å². The number of anilines is 2. The van der Waals surface area contributed by atoms with Gasteiger partial charge < -0.3 is 11.1 Å². The summed E-state index contributed by atoms with van der Waals surface area (Å²) < 4.78 is 0. The van der Waals surface area contributed by atoms with Crippen molar-refractivity contribution in [2.75, 3.05) is 18.1 Å². The summed E-state index contributed by atoms with van der Waals surface area (Å²) in [6.45, 7) is 5.93. The molecule has 0 radical (unpaired) electrons. The van der Waals surface area contributed by atoms with Crippen LogP contribution in [0.5, 0.6) is 0 Å². The van der Waals surface area contributed by atoms with Crippen LogP contribution >= 0.6 is 11.6 Å². The summed E-state index contributed by atoms with van der Waals surface area (Å²) >= 11 is 5.87. The quantitative estimate of drug-likeness (QED) is 0.683. The van der Waals surface area contributed by atoms with E-state index >= 15 is 0 Å². The second kappa shape index (κ2) is 5.70. The molecule has 0 aliphatic rings. The number of nitrogens with two attached hydrogens (primary N) is 1. The summed E-state index contributed by atoms with van der Waals surface area (Å²) in [6.07, 6.45) is 0. The molecule has 13 heavy (non-hydrogen) atoms. The number of benzene rings is 1. The SMILES string of the molecule is CC.CNc1cc(Cl)c(C)cc1N. The zero-order chi connectivity index (χ0) is 10.4. The van der Waals surface area contributed by atoms with Gasteiger partial charge in [-0.05, 0) is 24.6 Å². The number of nitrogens with one attached hydrogen (secondary N) is 1. The van der Waals surface area contributed by atoms with E-state index in [1.807, 2.05) is 40.0 Å². The lowest BCUT2D eigenvalue weighted by atomic mass is 10.2. The van der Waals surface area contributed by atoms with Crippen molar-refractivity contribution in [2.45, 2.75) is 20.8 Å². The highest BCUT2D eigenvalue weighted by Gasteiger charge is 2.00. The first kappa shape index (κ1) is 12.1. The lowest BCUT2D eigenvalue weighted by Crippen LogP contribution is -1.96. The number of halogens is 1. The molecule has 74 valence electrons. The van der Waals surface area contributed by atoms with E-state index in [-0.39, 0.29) is 0 Å². The van der Waals surface area contributed by atoms with Gasteiger partial charge in [-0.2, -0.15) is 0 Å². The fourth-order valence-corrected chi connectivity index (χ4v) is 1.08. The van der Waals surface area contributed by atoms with Gasteiger partial charge in [-0.15, -0.1) is 0 Å². The van der Waals surface area contributed by atoms with E-state index in [2.05, 4.69) is 5.32 Å². The van der Waals surface area contributed by atoms with E-state index in [9.17, 15) is 0 Å². The first-order chi connectivity index (χ1) is 6.15. The molecule has 0 atom stereocenters. The van der Waals surface area contributed by atoms with Crippen molar-refractivity contribution >= 4 is 23.0 Å². The van der Waals surface area contributed by atoms with Gasteiger partial charge in [0.2, 0.25) is 0 Å². The van der Waals surface area contributed by atoms with Gasteiger partial charge in [-0.25, -0.2) is 0 Å². The van der Waals surface area contributed by atoms with Crippen molar-refractivity contribution in [3.63, 3.8) is 0 Å². The lowest BCUT2D eigenvalue weighted by molar-refractivity contribution is 1.44. The molecule has 0 aliphatic carbocycles. The lowest BCUT2D eigenvalue weighted by Gasteiger charge is -2.06. The molecule has 3 N–H and O–H groups in total. The Morgan fingerprint density at radius 2 is 1.85 bits per heavy atom. The Balaban J connectivity index is 0.000000671. The molecular weight excluding hydrogens is 184 g/mol. The van der Waals surface area contributed by atoms with Crippen molar-refractivity contribution in [1.29, 1.82) is 0 Å². The Hall–Kier alpha value is -0.890. The fraction of sp³-hybridized carbons (Fsp3) is 0.400. The molecule has 0 aromatic heterocycles. The standard InChI is InChI=1S/C8H11ClN2.C2H6/c1-5-3-7(10)8(11-2)4-6(5)9;1-2/h3-4,11H,10H2,1-2H3;1-2H3. The van der Waals surface area contributed by atoms with Crippen LogP contribution in [-0.4, -0.2) is 7.05 Å². The molecule has 0 amide bonds. The Morgan fingerprint density at radius 1 is 1.31 bits per heavy atom. The van der Waals surface area contributed by atoms with Crippen molar-refractivity contribution in [1.82, 2.24) is 0 Å². The summed E-state index contributed by atoms with van der Waals surface area (Å²) in [5.74, 6) is 0. The van der Waals surface area contributed by atoms with E-state index < -0.39 is 0 Å².